The number of hydrogen-bond donors (Lipinski definition) is 0. The van der Waals surface area contributed by atoms with Gasteiger partial charge in [0.25, 0.3) is 0 Å². The van der Waals surface area contributed by atoms with Crippen molar-refractivity contribution in [2.24, 2.45) is 5.92 Å². The molecule has 3 rings (SSSR count). The van der Waals surface area contributed by atoms with E-state index in [-0.39, 0.29) is 0 Å². The van der Waals surface area contributed by atoms with Gasteiger partial charge >= 0.3 is 6.01 Å². The third-order valence-electron chi connectivity index (χ3n) is 3.73. The van der Waals surface area contributed by atoms with Crippen LogP contribution in [-0.4, -0.2) is 56.1 Å². The first-order chi connectivity index (χ1) is 10.8. The van der Waals surface area contributed by atoms with Crippen molar-refractivity contribution in [1.82, 2.24) is 29.9 Å². The van der Waals surface area contributed by atoms with Crippen molar-refractivity contribution in [3.8, 4) is 6.01 Å². The Morgan fingerprint density at radius 1 is 1.18 bits per heavy atom. The zero-order valence-electron chi connectivity index (χ0n) is 12.3. The van der Waals surface area contributed by atoms with Crippen LogP contribution in [0.15, 0.2) is 29.3 Å². The molecule has 2 aromatic heterocycles. The summed E-state index contributed by atoms with van der Waals surface area (Å²) in [5.74, 6) is 0.520. The zero-order chi connectivity index (χ0) is 15.2. The Morgan fingerprint density at radius 2 is 1.95 bits per heavy atom. The van der Waals surface area contributed by atoms with E-state index in [1.54, 1.807) is 29.6 Å². The molecule has 1 atom stereocenters. The van der Waals surface area contributed by atoms with Gasteiger partial charge in [-0.05, 0) is 35.3 Å². The van der Waals surface area contributed by atoms with Crippen LogP contribution < -0.4 is 4.74 Å². The van der Waals surface area contributed by atoms with Crippen LogP contribution in [0.3, 0.4) is 0 Å². The number of halogens is 1. The van der Waals surface area contributed by atoms with Crippen LogP contribution >= 0.6 is 15.9 Å². The third-order valence-corrected chi connectivity index (χ3v) is 4.14. The molecule has 0 radical (unpaired) electrons. The van der Waals surface area contributed by atoms with Crippen molar-refractivity contribution in [1.29, 1.82) is 0 Å². The SMILES string of the molecule is Brc1cnc(OCC2CCCN(CCn3nccn3)C2)nc1. The average Bonchev–Trinajstić information content (AvgIpc) is 3.06. The Labute approximate surface area is 137 Å². The van der Waals surface area contributed by atoms with E-state index in [1.165, 1.54) is 12.8 Å². The minimum atomic E-state index is 0.445. The van der Waals surface area contributed by atoms with Crippen LogP contribution in [0.1, 0.15) is 12.8 Å². The molecule has 0 saturated carbocycles. The molecule has 1 aliphatic rings. The Hall–Kier alpha value is -1.54. The molecule has 2 aromatic rings. The van der Waals surface area contributed by atoms with E-state index in [2.05, 4.69) is 41.0 Å². The standard InChI is InChI=1S/C14H19BrN6O/c15-13-8-16-14(17-9-13)22-11-12-2-1-5-20(10-12)6-7-21-18-3-4-19-21/h3-4,8-9,12H,1-2,5-7,10-11H2. The molecule has 1 unspecified atom stereocenters. The summed E-state index contributed by atoms with van der Waals surface area (Å²) in [6, 6.07) is 0.445. The molecule has 0 bridgehead atoms. The van der Waals surface area contributed by atoms with Crippen molar-refractivity contribution >= 4 is 15.9 Å². The highest BCUT2D eigenvalue weighted by Crippen LogP contribution is 2.17. The van der Waals surface area contributed by atoms with Gasteiger partial charge in [-0.15, -0.1) is 0 Å². The van der Waals surface area contributed by atoms with Gasteiger partial charge in [0.15, 0.2) is 0 Å². The number of rotatable bonds is 6. The van der Waals surface area contributed by atoms with Gasteiger partial charge in [-0.1, -0.05) is 0 Å². The van der Waals surface area contributed by atoms with Crippen molar-refractivity contribution in [3.63, 3.8) is 0 Å². The first kappa shape index (κ1) is 15.4. The van der Waals surface area contributed by atoms with Gasteiger partial charge in [-0.25, -0.2) is 9.97 Å². The van der Waals surface area contributed by atoms with Crippen LogP contribution in [0.2, 0.25) is 0 Å². The molecule has 118 valence electrons. The van der Waals surface area contributed by atoms with Gasteiger partial charge < -0.3 is 9.64 Å². The maximum atomic E-state index is 5.70. The van der Waals surface area contributed by atoms with E-state index in [4.69, 9.17) is 4.74 Å². The Balaban J connectivity index is 1.43. The topological polar surface area (TPSA) is 69.0 Å². The number of hydrogen-bond acceptors (Lipinski definition) is 6. The van der Waals surface area contributed by atoms with Gasteiger partial charge in [0, 0.05) is 31.4 Å². The second-order valence-corrected chi connectivity index (χ2v) is 6.34. The van der Waals surface area contributed by atoms with Gasteiger partial charge in [-0.2, -0.15) is 15.0 Å². The average molecular weight is 367 g/mol. The first-order valence-corrected chi connectivity index (χ1v) is 8.26. The van der Waals surface area contributed by atoms with Crippen LogP contribution in [-0.2, 0) is 6.54 Å². The highest BCUT2D eigenvalue weighted by atomic mass is 79.9. The normalized spacial score (nSPS) is 19.2. The van der Waals surface area contributed by atoms with E-state index in [1.807, 2.05) is 0 Å². The van der Waals surface area contributed by atoms with Gasteiger partial charge in [0.1, 0.15) is 0 Å². The Kier molecular flexibility index (Phi) is 5.33. The molecule has 1 aliphatic heterocycles. The predicted octanol–water partition coefficient (Wildman–Crippen LogP) is 1.62. The number of aromatic nitrogens is 5. The number of nitrogens with zero attached hydrogens (tertiary/aromatic N) is 6. The summed E-state index contributed by atoms with van der Waals surface area (Å²) in [5.41, 5.74) is 0. The molecule has 7 nitrogen and oxygen atoms in total. The molecule has 22 heavy (non-hydrogen) atoms. The van der Waals surface area contributed by atoms with Crippen LogP contribution in [0, 0.1) is 5.92 Å². The number of piperidine rings is 1. The summed E-state index contributed by atoms with van der Waals surface area (Å²) >= 11 is 3.32. The fourth-order valence-corrected chi connectivity index (χ4v) is 2.85. The predicted molar refractivity (Wildman–Crippen MR) is 84.4 cm³/mol. The summed E-state index contributed by atoms with van der Waals surface area (Å²) in [7, 11) is 0. The van der Waals surface area contributed by atoms with Crippen molar-refractivity contribution in [2.45, 2.75) is 19.4 Å². The molecule has 0 N–H and O–H groups in total. The van der Waals surface area contributed by atoms with E-state index in [0.717, 1.165) is 30.7 Å². The molecular weight excluding hydrogens is 348 g/mol. The van der Waals surface area contributed by atoms with Crippen molar-refractivity contribution < 1.29 is 4.74 Å². The Bertz CT molecular complexity index is 561. The summed E-state index contributed by atoms with van der Waals surface area (Å²) < 4.78 is 6.56. The van der Waals surface area contributed by atoms with Crippen molar-refractivity contribution in [2.75, 3.05) is 26.2 Å². The van der Waals surface area contributed by atoms with E-state index >= 15 is 0 Å². The number of likely N-dealkylation sites (tertiary alicyclic amines) is 1. The fourth-order valence-electron chi connectivity index (χ4n) is 2.65. The van der Waals surface area contributed by atoms with Crippen molar-refractivity contribution in [3.05, 3.63) is 29.3 Å². The smallest absolute Gasteiger partial charge is 0.316 e. The molecule has 1 saturated heterocycles. The first-order valence-electron chi connectivity index (χ1n) is 7.46. The highest BCUT2D eigenvalue weighted by molar-refractivity contribution is 9.10. The molecule has 8 heteroatoms. The maximum absolute atomic E-state index is 5.70. The molecule has 0 aliphatic carbocycles. The zero-order valence-corrected chi connectivity index (χ0v) is 13.9. The summed E-state index contributed by atoms with van der Waals surface area (Å²) in [5, 5.41) is 8.27. The number of ether oxygens (including phenoxy) is 1. The summed E-state index contributed by atoms with van der Waals surface area (Å²) in [6.45, 7) is 4.64. The van der Waals surface area contributed by atoms with Crippen LogP contribution in [0.5, 0.6) is 6.01 Å². The monoisotopic (exact) mass is 366 g/mol. The largest absolute Gasteiger partial charge is 0.463 e. The lowest BCUT2D eigenvalue weighted by molar-refractivity contribution is 0.120. The molecule has 0 aromatic carbocycles. The molecule has 3 heterocycles. The second kappa shape index (κ2) is 7.64. The van der Waals surface area contributed by atoms with E-state index < -0.39 is 0 Å². The van der Waals surface area contributed by atoms with Gasteiger partial charge in [0.05, 0.1) is 30.0 Å². The van der Waals surface area contributed by atoms with Gasteiger partial charge in [0.2, 0.25) is 0 Å². The lowest BCUT2D eigenvalue weighted by atomic mass is 9.99. The highest BCUT2D eigenvalue weighted by Gasteiger charge is 2.20. The molecule has 1 fully saturated rings. The van der Waals surface area contributed by atoms with E-state index in [0.29, 0.717) is 18.5 Å². The third kappa shape index (κ3) is 4.48. The quantitative estimate of drug-likeness (QED) is 0.773. The minimum absolute atomic E-state index is 0.445. The lowest BCUT2D eigenvalue weighted by Gasteiger charge is -2.32. The second-order valence-electron chi connectivity index (χ2n) is 5.43. The molecular formula is C14H19BrN6O. The Morgan fingerprint density at radius 3 is 2.73 bits per heavy atom. The minimum Gasteiger partial charge on any atom is -0.463 e. The van der Waals surface area contributed by atoms with Crippen LogP contribution in [0.25, 0.3) is 0 Å². The summed E-state index contributed by atoms with van der Waals surface area (Å²) in [6.07, 6.45) is 9.21. The molecule has 0 amide bonds. The lowest BCUT2D eigenvalue weighted by Crippen LogP contribution is -2.39. The maximum Gasteiger partial charge on any atom is 0.316 e. The van der Waals surface area contributed by atoms with E-state index in [9.17, 15) is 0 Å². The van der Waals surface area contributed by atoms with Crippen LogP contribution in [0.4, 0.5) is 0 Å². The fraction of sp³-hybridized carbons (Fsp3) is 0.571. The van der Waals surface area contributed by atoms with Gasteiger partial charge in [-0.3, -0.25) is 0 Å². The molecule has 0 spiro atoms. The summed E-state index contributed by atoms with van der Waals surface area (Å²) in [4.78, 5) is 12.5.